The monoisotopic (exact) mass is 400 g/mol. The predicted octanol–water partition coefficient (Wildman–Crippen LogP) is 4.39. The summed E-state index contributed by atoms with van der Waals surface area (Å²) in [7, 11) is 0. The number of rotatable bonds is 4. The smallest absolute Gasteiger partial charge is 0.255 e. The normalized spacial score (nSPS) is 11.3. The van der Waals surface area contributed by atoms with Gasteiger partial charge in [0.15, 0.2) is 0 Å². The molecule has 0 aliphatic carbocycles. The van der Waals surface area contributed by atoms with Crippen molar-refractivity contribution in [3.63, 3.8) is 0 Å². The molecule has 0 aliphatic heterocycles. The number of carbonyl (C=O) groups is 1. The minimum absolute atomic E-state index is 0.236. The van der Waals surface area contributed by atoms with Crippen molar-refractivity contribution < 1.29 is 9.18 Å². The largest absolute Gasteiger partial charge is 0.338 e. The highest BCUT2D eigenvalue weighted by Crippen LogP contribution is 2.24. The molecule has 2 heterocycles. The van der Waals surface area contributed by atoms with E-state index < -0.39 is 0 Å². The molecule has 148 valence electrons. The molecule has 0 unspecified atom stereocenters. The van der Waals surface area contributed by atoms with E-state index >= 15 is 0 Å². The Morgan fingerprint density at radius 2 is 1.90 bits per heavy atom. The number of H-pyrrole nitrogens is 1. The van der Waals surface area contributed by atoms with Gasteiger partial charge in [0.25, 0.3) is 5.91 Å². The molecule has 30 heavy (non-hydrogen) atoms. The highest BCUT2D eigenvalue weighted by molar-refractivity contribution is 6.06. The van der Waals surface area contributed by atoms with Gasteiger partial charge in [0.1, 0.15) is 17.2 Å². The fraction of sp³-hybridized carbons (Fsp3) is 0.0909. The van der Waals surface area contributed by atoms with Gasteiger partial charge in [-0.15, -0.1) is 5.10 Å². The lowest BCUT2D eigenvalue weighted by Crippen LogP contribution is -2.11. The van der Waals surface area contributed by atoms with Gasteiger partial charge >= 0.3 is 0 Å². The number of nitrogens with one attached hydrogen (secondary N) is 2. The maximum absolute atomic E-state index is 13.1. The van der Waals surface area contributed by atoms with E-state index in [1.54, 1.807) is 35.0 Å². The summed E-state index contributed by atoms with van der Waals surface area (Å²) >= 11 is 0. The third-order valence-electron chi connectivity index (χ3n) is 4.93. The van der Waals surface area contributed by atoms with Crippen LogP contribution in [0.2, 0.25) is 0 Å². The van der Waals surface area contributed by atoms with Crippen LogP contribution >= 0.6 is 0 Å². The fourth-order valence-electron chi connectivity index (χ4n) is 3.38. The van der Waals surface area contributed by atoms with E-state index in [-0.39, 0.29) is 11.7 Å². The molecule has 0 bridgehead atoms. The Bertz CT molecular complexity index is 1390. The van der Waals surface area contributed by atoms with Gasteiger partial charge in [-0.05, 0) is 67.6 Å². The van der Waals surface area contributed by atoms with Crippen LogP contribution in [0.1, 0.15) is 17.3 Å². The molecular weight excluding hydrogens is 383 g/mol. The van der Waals surface area contributed by atoms with Crippen LogP contribution in [0.4, 0.5) is 10.1 Å². The van der Waals surface area contributed by atoms with E-state index in [0.29, 0.717) is 29.1 Å². The highest BCUT2D eigenvalue weighted by Gasteiger charge is 2.12. The van der Waals surface area contributed by atoms with Gasteiger partial charge in [0.05, 0.1) is 16.6 Å². The number of nitrogens with zero attached hydrogens (tertiary/aromatic N) is 4. The number of aromatic nitrogens is 5. The van der Waals surface area contributed by atoms with Gasteiger partial charge < -0.3 is 10.3 Å². The van der Waals surface area contributed by atoms with Crippen LogP contribution in [0.5, 0.6) is 0 Å². The average molecular weight is 400 g/mol. The van der Waals surface area contributed by atoms with Crippen molar-refractivity contribution in [2.24, 2.45) is 0 Å². The van der Waals surface area contributed by atoms with Crippen molar-refractivity contribution in [1.29, 1.82) is 0 Å². The molecule has 0 atom stereocenters. The second-order valence-electron chi connectivity index (χ2n) is 6.89. The zero-order valence-electron chi connectivity index (χ0n) is 16.1. The summed E-state index contributed by atoms with van der Waals surface area (Å²) in [5.74, 6) is 0.105. The van der Waals surface area contributed by atoms with Crippen LogP contribution in [0.25, 0.3) is 33.5 Å². The Labute approximate surface area is 170 Å². The maximum Gasteiger partial charge on any atom is 0.255 e. The molecule has 8 heteroatoms. The van der Waals surface area contributed by atoms with Crippen molar-refractivity contribution in [2.45, 2.75) is 13.5 Å². The van der Waals surface area contributed by atoms with Gasteiger partial charge in [-0.3, -0.25) is 4.79 Å². The SMILES string of the molecule is CCn1nnc2cc(C(=O)Nc3ccc4nc(-c5ccc(F)cc5)[nH]c4c3)ccc21. The number of carbonyl (C=O) groups excluding carboxylic acids is 1. The van der Waals surface area contributed by atoms with Crippen LogP contribution in [0.15, 0.2) is 60.7 Å². The minimum atomic E-state index is -0.296. The summed E-state index contributed by atoms with van der Waals surface area (Å²) in [6.07, 6.45) is 0. The summed E-state index contributed by atoms with van der Waals surface area (Å²) in [6.45, 7) is 2.70. The van der Waals surface area contributed by atoms with E-state index in [9.17, 15) is 9.18 Å². The van der Waals surface area contributed by atoms with E-state index in [2.05, 4.69) is 25.6 Å². The zero-order valence-corrected chi connectivity index (χ0v) is 16.1. The number of amides is 1. The number of fused-ring (bicyclic) bond motifs is 2. The number of halogens is 1. The molecule has 0 saturated carbocycles. The molecule has 5 aromatic rings. The van der Waals surface area contributed by atoms with E-state index in [1.807, 2.05) is 25.1 Å². The number of hydrogen-bond acceptors (Lipinski definition) is 4. The molecule has 0 aliphatic rings. The van der Waals surface area contributed by atoms with Crippen LogP contribution in [-0.2, 0) is 6.54 Å². The van der Waals surface area contributed by atoms with Crippen LogP contribution in [0, 0.1) is 5.82 Å². The molecule has 0 saturated heterocycles. The second kappa shape index (κ2) is 7.07. The van der Waals surface area contributed by atoms with Crippen LogP contribution in [0.3, 0.4) is 0 Å². The van der Waals surface area contributed by atoms with Gasteiger partial charge in [-0.25, -0.2) is 14.1 Å². The molecule has 1 amide bonds. The number of aryl methyl sites for hydroxylation is 1. The molecule has 7 nitrogen and oxygen atoms in total. The number of aromatic amines is 1. The van der Waals surface area contributed by atoms with Gasteiger partial charge in [0.2, 0.25) is 0 Å². The Morgan fingerprint density at radius 3 is 2.70 bits per heavy atom. The minimum Gasteiger partial charge on any atom is -0.338 e. The lowest BCUT2D eigenvalue weighted by molar-refractivity contribution is 0.102. The van der Waals surface area contributed by atoms with E-state index in [0.717, 1.165) is 22.1 Å². The molecule has 3 aromatic carbocycles. The lowest BCUT2D eigenvalue weighted by atomic mass is 10.1. The zero-order chi connectivity index (χ0) is 20.7. The second-order valence-corrected chi connectivity index (χ2v) is 6.89. The van der Waals surface area contributed by atoms with Gasteiger partial charge in [-0.2, -0.15) is 0 Å². The summed E-state index contributed by atoms with van der Waals surface area (Å²) in [4.78, 5) is 20.4. The first-order valence-corrected chi connectivity index (χ1v) is 9.51. The average Bonchev–Trinajstić information content (AvgIpc) is 3.37. The van der Waals surface area contributed by atoms with Crippen molar-refractivity contribution in [3.05, 3.63) is 72.0 Å². The van der Waals surface area contributed by atoms with Crippen molar-refractivity contribution in [1.82, 2.24) is 25.0 Å². The quantitative estimate of drug-likeness (QED) is 0.468. The topological polar surface area (TPSA) is 88.5 Å². The lowest BCUT2D eigenvalue weighted by Gasteiger charge is -2.05. The molecule has 0 radical (unpaired) electrons. The molecule has 0 spiro atoms. The summed E-state index contributed by atoms with van der Waals surface area (Å²) < 4.78 is 14.9. The summed E-state index contributed by atoms with van der Waals surface area (Å²) in [5, 5.41) is 11.1. The van der Waals surface area contributed by atoms with Crippen molar-refractivity contribution in [3.8, 4) is 11.4 Å². The molecule has 5 rings (SSSR count). The maximum atomic E-state index is 13.1. The standard InChI is InChI=1S/C22H17FN6O/c1-2-29-20-10-5-14(11-19(20)27-28-29)22(30)24-16-8-9-17-18(12-16)26-21(25-17)13-3-6-15(23)7-4-13/h3-12H,2H2,1H3,(H,24,30)(H,25,26). The first kappa shape index (κ1) is 18.0. The van der Waals surface area contributed by atoms with E-state index in [4.69, 9.17) is 0 Å². The first-order chi connectivity index (χ1) is 14.6. The Balaban J connectivity index is 1.40. The fourth-order valence-corrected chi connectivity index (χ4v) is 3.38. The summed E-state index contributed by atoms with van der Waals surface area (Å²) in [6, 6.07) is 16.9. The van der Waals surface area contributed by atoms with Crippen molar-refractivity contribution in [2.75, 3.05) is 5.32 Å². The van der Waals surface area contributed by atoms with E-state index in [1.165, 1.54) is 12.1 Å². The highest BCUT2D eigenvalue weighted by atomic mass is 19.1. The number of benzene rings is 3. The van der Waals surface area contributed by atoms with Crippen LogP contribution < -0.4 is 5.32 Å². The number of hydrogen-bond donors (Lipinski definition) is 2. The third-order valence-corrected chi connectivity index (χ3v) is 4.93. The molecule has 2 aromatic heterocycles. The third kappa shape index (κ3) is 3.18. The Kier molecular flexibility index (Phi) is 4.24. The molecule has 0 fully saturated rings. The van der Waals surface area contributed by atoms with Crippen LogP contribution in [-0.4, -0.2) is 30.9 Å². The molecule has 2 N–H and O–H groups in total. The number of anilines is 1. The molecular formula is C22H17FN6O. The Hall–Kier alpha value is -4.07. The summed E-state index contributed by atoms with van der Waals surface area (Å²) in [5.41, 5.74) is 5.02. The predicted molar refractivity (Wildman–Crippen MR) is 113 cm³/mol. The van der Waals surface area contributed by atoms with Crippen molar-refractivity contribution >= 4 is 33.7 Å². The Morgan fingerprint density at radius 1 is 1.07 bits per heavy atom. The number of imidazole rings is 1. The van der Waals surface area contributed by atoms with Gasteiger partial charge in [-0.1, -0.05) is 5.21 Å². The van der Waals surface area contributed by atoms with Gasteiger partial charge in [0, 0.05) is 23.4 Å². The first-order valence-electron chi connectivity index (χ1n) is 9.51.